The fraction of sp³-hybridized carbons (Fsp3) is 0.405. The monoisotopic (exact) mass is 977 g/mol. The van der Waals surface area contributed by atoms with E-state index in [0.717, 1.165) is 23.7 Å². The van der Waals surface area contributed by atoms with E-state index in [1.165, 1.54) is 173 Å². The van der Waals surface area contributed by atoms with E-state index < -0.39 is 0 Å². The zero-order valence-electron chi connectivity index (χ0n) is 47.8. The van der Waals surface area contributed by atoms with Crippen molar-refractivity contribution >= 4 is 21.5 Å². The zero-order valence-corrected chi connectivity index (χ0v) is 47.8. The first kappa shape index (κ1) is 53.1. The molecular formula is C74H88. The second kappa shape index (κ2) is 23.4. The second-order valence-corrected chi connectivity index (χ2v) is 23.8. The van der Waals surface area contributed by atoms with Crippen LogP contribution in [0.3, 0.4) is 0 Å². The lowest BCUT2D eigenvalue weighted by Gasteiger charge is -2.19. The molecule has 0 saturated heterocycles. The van der Waals surface area contributed by atoms with Crippen LogP contribution in [0.4, 0.5) is 0 Å². The molecular weight excluding hydrogens is 889 g/mol. The van der Waals surface area contributed by atoms with Crippen molar-refractivity contribution in [1.82, 2.24) is 0 Å². The number of hydrogen-bond acceptors (Lipinski definition) is 0. The van der Waals surface area contributed by atoms with E-state index in [2.05, 4.69) is 204 Å². The summed E-state index contributed by atoms with van der Waals surface area (Å²) >= 11 is 0. The number of benzene rings is 8. The average Bonchev–Trinajstić information content (AvgIpc) is 4.24. The van der Waals surface area contributed by atoms with E-state index in [1.807, 2.05) is 0 Å². The predicted molar refractivity (Wildman–Crippen MR) is 322 cm³/mol. The predicted octanol–water partition coefficient (Wildman–Crippen LogP) is 20.6. The average molecular weight is 978 g/mol. The molecule has 2 saturated carbocycles. The fourth-order valence-electron chi connectivity index (χ4n) is 13.6. The molecule has 6 aliphatic rings. The van der Waals surface area contributed by atoms with Gasteiger partial charge in [0.05, 0.1) is 0 Å². The number of hydrogen-bond donors (Lipinski definition) is 0. The normalized spacial score (nSPS) is 18.9. The van der Waals surface area contributed by atoms with E-state index in [0.29, 0.717) is 0 Å². The maximum absolute atomic E-state index is 2.44. The first-order valence-electron chi connectivity index (χ1n) is 28.9. The maximum atomic E-state index is 2.44. The van der Waals surface area contributed by atoms with Crippen molar-refractivity contribution in [2.45, 2.75) is 197 Å². The van der Waals surface area contributed by atoms with Crippen molar-refractivity contribution in [2.24, 2.45) is 0 Å². The maximum Gasteiger partial charge on any atom is -0.0150 e. The molecule has 14 rings (SSSR count). The lowest BCUT2D eigenvalue weighted by Crippen LogP contribution is -2.05. The highest BCUT2D eigenvalue weighted by Gasteiger charge is 2.38. The minimum Gasteiger partial charge on any atom is -0.0616 e. The Morgan fingerprint density at radius 1 is 0.297 bits per heavy atom. The van der Waals surface area contributed by atoms with Crippen LogP contribution in [0.5, 0.6) is 0 Å². The van der Waals surface area contributed by atoms with Crippen molar-refractivity contribution in [3.05, 3.63) is 233 Å². The topological polar surface area (TPSA) is 0 Å². The first-order valence-corrected chi connectivity index (χ1v) is 28.9. The Morgan fingerprint density at radius 3 is 1.31 bits per heavy atom. The fourth-order valence-corrected chi connectivity index (χ4v) is 13.6. The quantitative estimate of drug-likeness (QED) is 0.142. The molecule has 2 fully saturated rings. The summed E-state index contributed by atoms with van der Waals surface area (Å²) in [4.78, 5) is 0. The van der Waals surface area contributed by atoms with E-state index in [9.17, 15) is 0 Å². The molecule has 0 heterocycles. The highest BCUT2D eigenvalue weighted by Crippen LogP contribution is 2.55. The third-order valence-electron chi connectivity index (χ3n) is 19.0. The summed E-state index contributed by atoms with van der Waals surface area (Å²) in [5, 5.41) is 5.37. The van der Waals surface area contributed by atoms with Crippen molar-refractivity contribution in [3.63, 3.8) is 0 Å². The van der Waals surface area contributed by atoms with E-state index >= 15 is 0 Å². The Morgan fingerprint density at radius 2 is 0.716 bits per heavy atom. The lowest BCUT2D eigenvalue weighted by atomic mass is 9.87. The van der Waals surface area contributed by atoms with Crippen LogP contribution in [0.15, 0.2) is 121 Å². The molecule has 8 aromatic carbocycles. The van der Waals surface area contributed by atoms with Crippen molar-refractivity contribution in [1.29, 1.82) is 0 Å². The number of fused-ring (bicyclic) bond motifs is 14. The molecule has 0 aliphatic heterocycles. The summed E-state index contributed by atoms with van der Waals surface area (Å²) in [5.41, 5.74) is 30.6. The summed E-state index contributed by atoms with van der Waals surface area (Å²) in [6.45, 7) is 26.6. The van der Waals surface area contributed by atoms with Crippen LogP contribution in [-0.2, 0) is 25.7 Å². The van der Waals surface area contributed by atoms with Crippen molar-refractivity contribution in [2.75, 3.05) is 0 Å². The molecule has 8 aromatic rings. The largest absolute Gasteiger partial charge is 0.0616 e. The third-order valence-corrected chi connectivity index (χ3v) is 19.0. The smallest absolute Gasteiger partial charge is 0.0150 e. The molecule has 0 aromatic heterocycles. The van der Waals surface area contributed by atoms with Gasteiger partial charge in [-0.1, -0.05) is 121 Å². The van der Waals surface area contributed by atoms with Gasteiger partial charge in [0, 0.05) is 0 Å². The minimum absolute atomic E-state index is 0.916. The van der Waals surface area contributed by atoms with Gasteiger partial charge in [-0.25, -0.2) is 0 Å². The molecule has 0 heteroatoms. The summed E-state index contributed by atoms with van der Waals surface area (Å²) in [6.07, 6.45) is 19.4. The van der Waals surface area contributed by atoms with E-state index in [1.54, 1.807) is 50.1 Å². The highest BCUT2D eigenvalue weighted by atomic mass is 14.4. The van der Waals surface area contributed by atoms with Gasteiger partial charge in [0.2, 0.25) is 0 Å². The summed E-state index contributed by atoms with van der Waals surface area (Å²) < 4.78 is 0. The number of rotatable bonds is 0. The van der Waals surface area contributed by atoms with Crippen LogP contribution in [0.1, 0.15) is 199 Å². The Bertz CT molecular complexity index is 3160. The van der Waals surface area contributed by atoms with E-state index in [4.69, 9.17) is 0 Å². The van der Waals surface area contributed by atoms with Crippen LogP contribution in [0.2, 0.25) is 0 Å². The van der Waals surface area contributed by atoms with Crippen LogP contribution in [0, 0.1) is 83.1 Å². The minimum atomic E-state index is 0.916. The number of aryl methyl sites for hydroxylation is 13. The first-order chi connectivity index (χ1) is 35.6. The molecule has 6 aliphatic carbocycles. The van der Waals surface area contributed by atoms with Gasteiger partial charge in [-0.05, 0) is 329 Å². The van der Waals surface area contributed by atoms with Gasteiger partial charge in [0.15, 0.2) is 0 Å². The summed E-state index contributed by atoms with van der Waals surface area (Å²) in [6, 6.07) is 44.7. The SMILES string of the molecule is Cc1cc2c(cc1C)C1CCC2C1.Cc1cc2c(cc1C)CCCC2.Cc1cc2ccccc2cc1C.Cc1ccc2c(c1C)C1CCC2C1.Cc1ccc2c(c1C)CCCC2.Cc1ccc2ccccc2c1C. The molecule has 0 spiro atoms. The Kier molecular flexibility index (Phi) is 16.8. The molecule has 0 radical (unpaired) electrons. The van der Waals surface area contributed by atoms with E-state index in [-0.39, 0.29) is 0 Å². The van der Waals surface area contributed by atoms with Gasteiger partial charge in [-0.2, -0.15) is 0 Å². The van der Waals surface area contributed by atoms with Crippen LogP contribution >= 0.6 is 0 Å². The summed E-state index contributed by atoms with van der Waals surface area (Å²) in [5.74, 6) is 3.66. The standard InChI is InChI=1S/2C13H16.C12H16.C12H12.C12H16.C12H12/c1-8-3-6-12-10-4-5-11(7-10)13(12)9(8)2;1-8-5-12-10-3-4-11(7-10)13(12)6-9(8)2;2*1-9-7-11-5-3-4-6-12(11)8-10(9)2;2*1-9-7-8-11-5-3-4-6-12(11)10(9)2/h3,6,10-11H,4-5,7H2,1-2H3;5-6,10-11H,3-4,7H2,1-2H3;7-8H,3-6H2,1-2H3;3-8H,1-2H3;7-8H,3-6H2,1-2H3;3-8H,1-2H3. The van der Waals surface area contributed by atoms with Crippen LogP contribution < -0.4 is 0 Å². The van der Waals surface area contributed by atoms with Crippen molar-refractivity contribution < 1.29 is 0 Å². The van der Waals surface area contributed by atoms with Gasteiger partial charge in [-0.3, -0.25) is 0 Å². The summed E-state index contributed by atoms with van der Waals surface area (Å²) in [7, 11) is 0. The van der Waals surface area contributed by atoms with Crippen molar-refractivity contribution in [3.8, 4) is 0 Å². The highest BCUT2D eigenvalue weighted by molar-refractivity contribution is 5.86. The zero-order chi connectivity index (χ0) is 52.2. The molecule has 74 heavy (non-hydrogen) atoms. The van der Waals surface area contributed by atoms with Gasteiger partial charge < -0.3 is 0 Å². The second-order valence-electron chi connectivity index (χ2n) is 23.8. The van der Waals surface area contributed by atoms with Crippen LogP contribution in [-0.4, -0.2) is 0 Å². The molecule has 0 amide bonds. The molecule has 4 atom stereocenters. The van der Waals surface area contributed by atoms with Gasteiger partial charge in [0.25, 0.3) is 0 Å². The molecule has 0 N–H and O–H groups in total. The Labute approximate surface area is 448 Å². The molecule has 4 bridgehead atoms. The molecule has 0 nitrogen and oxygen atoms in total. The Hall–Kier alpha value is -5.72. The van der Waals surface area contributed by atoms with Gasteiger partial charge in [-0.15, -0.1) is 0 Å². The third kappa shape index (κ3) is 11.7. The van der Waals surface area contributed by atoms with Crippen LogP contribution in [0.25, 0.3) is 21.5 Å². The van der Waals surface area contributed by atoms with Gasteiger partial charge in [0.1, 0.15) is 0 Å². The molecule has 4 unspecified atom stereocenters. The van der Waals surface area contributed by atoms with Gasteiger partial charge >= 0.3 is 0 Å². The lowest BCUT2D eigenvalue weighted by molar-refractivity contribution is 0.681. The molecule has 384 valence electrons. The Balaban J connectivity index is 0.000000109.